The van der Waals surface area contributed by atoms with E-state index in [2.05, 4.69) is 31.0 Å². The van der Waals surface area contributed by atoms with Gasteiger partial charge < -0.3 is 5.73 Å². The van der Waals surface area contributed by atoms with Gasteiger partial charge in [0.2, 0.25) is 0 Å². The van der Waals surface area contributed by atoms with E-state index in [1.54, 1.807) is 0 Å². The molecule has 15 heavy (non-hydrogen) atoms. The number of rotatable bonds is 2. The summed E-state index contributed by atoms with van der Waals surface area (Å²) in [6.07, 6.45) is 2.57. The molecule has 0 radical (unpaired) electrons. The Balaban J connectivity index is 2.22. The minimum absolute atomic E-state index is 0.558. The zero-order chi connectivity index (χ0) is 10.8. The highest BCUT2D eigenvalue weighted by Crippen LogP contribution is 2.37. The first-order valence-electron chi connectivity index (χ1n) is 5.69. The molecule has 0 aliphatic carbocycles. The topological polar surface area (TPSA) is 29.3 Å². The Bertz CT molecular complexity index is 321. The van der Waals surface area contributed by atoms with E-state index in [0.717, 1.165) is 6.54 Å². The fraction of sp³-hybridized carbons (Fsp3) is 0.667. The molecule has 1 aromatic heterocycles. The van der Waals surface area contributed by atoms with Gasteiger partial charge in [0.05, 0.1) is 0 Å². The van der Waals surface area contributed by atoms with Crippen molar-refractivity contribution in [2.24, 2.45) is 11.7 Å². The lowest BCUT2D eigenvalue weighted by atomic mass is 9.88. The highest BCUT2D eigenvalue weighted by atomic mass is 32.1. The molecular weight excluding hydrogens is 204 g/mol. The van der Waals surface area contributed by atoms with Crippen LogP contribution in [-0.4, -0.2) is 25.0 Å². The highest BCUT2D eigenvalue weighted by molar-refractivity contribution is 7.12. The number of nitrogens with two attached hydrogens (primary N) is 1. The van der Waals surface area contributed by atoms with Crippen LogP contribution in [0.5, 0.6) is 0 Å². The van der Waals surface area contributed by atoms with E-state index in [9.17, 15) is 0 Å². The summed E-state index contributed by atoms with van der Waals surface area (Å²) in [5, 5.41) is 0. The Labute approximate surface area is 96.1 Å². The molecule has 0 unspecified atom stereocenters. The lowest BCUT2D eigenvalue weighted by molar-refractivity contribution is 0.128. The predicted octanol–water partition coefficient (Wildman–Crippen LogP) is 2.40. The van der Waals surface area contributed by atoms with Crippen LogP contribution in [0, 0.1) is 12.8 Å². The minimum Gasteiger partial charge on any atom is -0.330 e. The summed E-state index contributed by atoms with van der Waals surface area (Å²) in [7, 11) is 2.22. The molecule has 2 N–H and O–H groups in total. The predicted molar refractivity (Wildman–Crippen MR) is 66.2 cm³/mol. The van der Waals surface area contributed by atoms with Crippen LogP contribution in [0.15, 0.2) is 12.1 Å². The van der Waals surface area contributed by atoms with Crippen molar-refractivity contribution in [2.75, 3.05) is 20.1 Å². The third-order valence-electron chi connectivity index (χ3n) is 3.36. The molecule has 3 heteroatoms. The van der Waals surface area contributed by atoms with Crippen LogP contribution in [0.1, 0.15) is 28.6 Å². The first kappa shape index (κ1) is 11.1. The van der Waals surface area contributed by atoms with Crippen LogP contribution in [-0.2, 0) is 0 Å². The molecule has 1 fully saturated rings. The smallest absolute Gasteiger partial charge is 0.0478 e. The van der Waals surface area contributed by atoms with Crippen LogP contribution in [0.2, 0.25) is 0 Å². The Morgan fingerprint density at radius 1 is 1.53 bits per heavy atom. The maximum Gasteiger partial charge on any atom is 0.0478 e. The number of nitrogens with zero attached hydrogens (tertiary/aromatic N) is 1. The molecular formula is C12H20N2S. The molecule has 2 nitrogen and oxygen atoms in total. The van der Waals surface area contributed by atoms with Gasteiger partial charge in [-0.3, -0.25) is 4.90 Å². The summed E-state index contributed by atoms with van der Waals surface area (Å²) in [5.41, 5.74) is 5.88. The molecule has 2 rings (SSSR count). The molecule has 0 saturated carbocycles. The molecule has 2 atom stereocenters. The second-order valence-electron chi connectivity index (χ2n) is 4.51. The van der Waals surface area contributed by atoms with Crippen LogP contribution in [0.4, 0.5) is 0 Å². The Morgan fingerprint density at radius 3 is 2.93 bits per heavy atom. The lowest BCUT2D eigenvalue weighted by Gasteiger charge is -2.38. The summed E-state index contributed by atoms with van der Waals surface area (Å²) in [4.78, 5) is 5.36. The standard InChI is InChI=1S/C12H20N2S/c1-9-5-6-11(15-9)12-10(8-13)4-3-7-14(12)2/h5-6,10,12H,3-4,7-8,13H2,1-2H3/t10-,12+/m1/s1. The monoisotopic (exact) mass is 224 g/mol. The number of hydrogen-bond acceptors (Lipinski definition) is 3. The lowest BCUT2D eigenvalue weighted by Crippen LogP contribution is -2.38. The van der Waals surface area contributed by atoms with Crippen molar-refractivity contribution in [3.63, 3.8) is 0 Å². The maximum absolute atomic E-state index is 5.88. The summed E-state index contributed by atoms with van der Waals surface area (Å²) < 4.78 is 0. The zero-order valence-corrected chi connectivity index (χ0v) is 10.4. The average molecular weight is 224 g/mol. The summed E-state index contributed by atoms with van der Waals surface area (Å²) in [6, 6.07) is 5.05. The van der Waals surface area contributed by atoms with Crippen molar-refractivity contribution >= 4 is 11.3 Å². The van der Waals surface area contributed by atoms with E-state index < -0.39 is 0 Å². The second-order valence-corrected chi connectivity index (χ2v) is 5.83. The normalized spacial score (nSPS) is 28.2. The number of aryl methyl sites for hydroxylation is 1. The van der Waals surface area contributed by atoms with Crippen LogP contribution < -0.4 is 5.73 Å². The van der Waals surface area contributed by atoms with Crippen LogP contribution in [0.3, 0.4) is 0 Å². The number of thiophene rings is 1. The zero-order valence-electron chi connectivity index (χ0n) is 9.57. The van der Waals surface area contributed by atoms with Crippen molar-refractivity contribution in [1.29, 1.82) is 0 Å². The van der Waals surface area contributed by atoms with Crippen LogP contribution in [0.25, 0.3) is 0 Å². The van der Waals surface area contributed by atoms with Crippen LogP contribution >= 0.6 is 11.3 Å². The van der Waals surface area contributed by atoms with Gasteiger partial charge in [-0.2, -0.15) is 0 Å². The van der Waals surface area contributed by atoms with E-state index in [-0.39, 0.29) is 0 Å². The van der Waals surface area contributed by atoms with Crippen molar-refractivity contribution in [3.8, 4) is 0 Å². The molecule has 0 amide bonds. The summed E-state index contributed by atoms with van der Waals surface area (Å²) in [5.74, 6) is 0.641. The van der Waals surface area contributed by atoms with Gasteiger partial charge in [0.25, 0.3) is 0 Å². The van der Waals surface area contributed by atoms with Gasteiger partial charge in [0.15, 0.2) is 0 Å². The molecule has 0 aromatic carbocycles. The molecule has 1 aliphatic heterocycles. The van der Waals surface area contributed by atoms with Gasteiger partial charge in [-0.1, -0.05) is 0 Å². The van der Waals surface area contributed by atoms with E-state index in [1.807, 2.05) is 11.3 Å². The first-order valence-corrected chi connectivity index (χ1v) is 6.50. The minimum atomic E-state index is 0.558. The van der Waals surface area contributed by atoms with E-state index in [0.29, 0.717) is 12.0 Å². The van der Waals surface area contributed by atoms with Gasteiger partial charge in [-0.05, 0) is 58.0 Å². The van der Waals surface area contributed by atoms with Gasteiger partial charge in [-0.15, -0.1) is 11.3 Å². The highest BCUT2D eigenvalue weighted by Gasteiger charge is 2.30. The fourth-order valence-corrected chi connectivity index (χ4v) is 3.71. The van der Waals surface area contributed by atoms with Crippen molar-refractivity contribution in [3.05, 3.63) is 21.9 Å². The Hall–Kier alpha value is -0.380. The van der Waals surface area contributed by atoms with E-state index in [1.165, 1.54) is 29.1 Å². The molecule has 1 aliphatic rings. The molecule has 0 spiro atoms. The van der Waals surface area contributed by atoms with E-state index in [4.69, 9.17) is 5.73 Å². The largest absolute Gasteiger partial charge is 0.330 e. The van der Waals surface area contributed by atoms with E-state index >= 15 is 0 Å². The third-order valence-corrected chi connectivity index (χ3v) is 4.43. The molecule has 1 aromatic rings. The maximum atomic E-state index is 5.88. The number of piperidine rings is 1. The second kappa shape index (κ2) is 4.64. The Morgan fingerprint density at radius 2 is 2.33 bits per heavy atom. The molecule has 84 valence electrons. The fourth-order valence-electron chi connectivity index (χ4n) is 2.57. The number of likely N-dealkylation sites (tertiary alicyclic amines) is 1. The third kappa shape index (κ3) is 2.25. The molecule has 2 heterocycles. The SMILES string of the molecule is Cc1ccc([C@@H]2[C@@H](CN)CCCN2C)s1. The van der Waals surface area contributed by atoms with Gasteiger partial charge in [0, 0.05) is 15.8 Å². The average Bonchev–Trinajstić information content (AvgIpc) is 2.64. The molecule has 1 saturated heterocycles. The number of hydrogen-bond donors (Lipinski definition) is 1. The van der Waals surface area contributed by atoms with Gasteiger partial charge in [-0.25, -0.2) is 0 Å². The van der Waals surface area contributed by atoms with Crippen molar-refractivity contribution in [1.82, 2.24) is 4.90 Å². The van der Waals surface area contributed by atoms with Crippen molar-refractivity contribution < 1.29 is 0 Å². The first-order chi connectivity index (χ1) is 7.22. The van der Waals surface area contributed by atoms with Gasteiger partial charge >= 0.3 is 0 Å². The summed E-state index contributed by atoms with van der Waals surface area (Å²) in [6.45, 7) is 4.19. The van der Waals surface area contributed by atoms with Crippen molar-refractivity contribution in [2.45, 2.75) is 25.8 Å². The van der Waals surface area contributed by atoms with Gasteiger partial charge in [0.1, 0.15) is 0 Å². The summed E-state index contributed by atoms with van der Waals surface area (Å²) >= 11 is 1.92. The Kier molecular flexibility index (Phi) is 3.44. The molecule has 0 bridgehead atoms. The quantitative estimate of drug-likeness (QED) is 0.836.